The van der Waals surface area contributed by atoms with E-state index in [1.807, 2.05) is 37.3 Å². The smallest absolute Gasteiger partial charge is 0.243 e. The summed E-state index contributed by atoms with van der Waals surface area (Å²) in [6.45, 7) is 2.94. The highest BCUT2D eigenvalue weighted by molar-refractivity contribution is 7.89. The average molecular weight is 347 g/mol. The Kier molecular flexibility index (Phi) is 4.89. The topological polar surface area (TPSA) is 55.8 Å². The SMILES string of the molecule is COc1ccc(S(=O)(=O)N2CCOCC2c2ccccc2)cc1C. The second-order valence-electron chi connectivity index (χ2n) is 5.75. The molecular formula is C18H21NO4S. The fraction of sp³-hybridized carbons (Fsp3) is 0.333. The lowest BCUT2D eigenvalue weighted by Gasteiger charge is -2.35. The van der Waals surface area contributed by atoms with Gasteiger partial charge in [0, 0.05) is 6.54 Å². The lowest BCUT2D eigenvalue weighted by atomic mass is 10.1. The van der Waals surface area contributed by atoms with E-state index in [1.54, 1.807) is 25.3 Å². The molecule has 1 heterocycles. The first-order valence-corrected chi connectivity index (χ1v) is 9.27. The largest absolute Gasteiger partial charge is 0.496 e. The Hall–Kier alpha value is -1.89. The van der Waals surface area contributed by atoms with Gasteiger partial charge >= 0.3 is 0 Å². The van der Waals surface area contributed by atoms with E-state index in [9.17, 15) is 8.42 Å². The Labute approximate surface area is 142 Å². The van der Waals surface area contributed by atoms with Gasteiger partial charge in [0.05, 0.1) is 31.3 Å². The Morgan fingerprint density at radius 3 is 2.58 bits per heavy atom. The molecule has 1 unspecified atom stereocenters. The van der Waals surface area contributed by atoms with Crippen molar-refractivity contribution in [2.75, 3.05) is 26.9 Å². The molecule has 0 bridgehead atoms. The van der Waals surface area contributed by atoms with Crippen LogP contribution in [0.1, 0.15) is 17.2 Å². The quantitative estimate of drug-likeness (QED) is 0.853. The number of aryl methyl sites for hydroxylation is 1. The van der Waals surface area contributed by atoms with E-state index >= 15 is 0 Å². The predicted molar refractivity (Wildman–Crippen MR) is 91.6 cm³/mol. The van der Waals surface area contributed by atoms with Crippen molar-refractivity contribution in [3.05, 3.63) is 59.7 Å². The van der Waals surface area contributed by atoms with E-state index in [-0.39, 0.29) is 10.9 Å². The van der Waals surface area contributed by atoms with Crippen LogP contribution in [0.5, 0.6) is 5.75 Å². The van der Waals surface area contributed by atoms with E-state index < -0.39 is 10.0 Å². The van der Waals surface area contributed by atoms with Crippen molar-refractivity contribution < 1.29 is 17.9 Å². The number of rotatable bonds is 4. The molecule has 1 fully saturated rings. The van der Waals surface area contributed by atoms with Crippen molar-refractivity contribution >= 4 is 10.0 Å². The van der Waals surface area contributed by atoms with Gasteiger partial charge in [0.1, 0.15) is 5.75 Å². The molecule has 0 radical (unpaired) electrons. The molecule has 6 heteroatoms. The summed E-state index contributed by atoms with van der Waals surface area (Å²) < 4.78 is 38.6. The fourth-order valence-corrected chi connectivity index (χ4v) is 4.63. The van der Waals surface area contributed by atoms with Crippen molar-refractivity contribution in [3.63, 3.8) is 0 Å². The van der Waals surface area contributed by atoms with Gasteiger partial charge in [-0.25, -0.2) is 8.42 Å². The highest BCUT2D eigenvalue weighted by atomic mass is 32.2. The van der Waals surface area contributed by atoms with Crippen LogP contribution in [-0.4, -0.2) is 39.6 Å². The van der Waals surface area contributed by atoms with Gasteiger partial charge in [-0.15, -0.1) is 0 Å². The zero-order valence-electron chi connectivity index (χ0n) is 13.8. The van der Waals surface area contributed by atoms with Crippen molar-refractivity contribution in [2.24, 2.45) is 0 Å². The van der Waals surface area contributed by atoms with Gasteiger partial charge in [0.25, 0.3) is 0 Å². The molecule has 5 nitrogen and oxygen atoms in total. The van der Waals surface area contributed by atoms with Crippen LogP contribution in [0.4, 0.5) is 0 Å². The minimum absolute atomic E-state index is 0.281. The lowest BCUT2D eigenvalue weighted by Crippen LogP contribution is -2.43. The van der Waals surface area contributed by atoms with Crippen molar-refractivity contribution in [1.29, 1.82) is 0 Å². The van der Waals surface area contributed by atoms with E-state index in [0.29, 0.717) is 25.5 Å². The monoisotopic (exact) mass is 347 g/mol. The number of hydrogen-bond donors (Lipinski definition) is 0. The van der Waals surface area contributed by atoms with Crippen LogP contribution >= 0.6 is 0 Å². The maximum Gasteiger partial charge on any atom is 0.243 e. The molecule has 1 saturated heterocycles. The third-order valence-electron chi connectivity index (χ3n) is 4.24. The van der Waals surface area contributed by atoms with Gasteiger partial charge in [0.15, 0.2) is 0 Å². The fourth-order valence-electron chi connectivity index (χ4n) is 2.96. The molecule has 0 N–H and O–H groups in total. The standard InChI is InChI=1S/C18H21NO4S/c1-14-12-16(8-9-18(14)22-2)24(20,21)19-10-11-23-13-17(19)15-6-4-3-5-7-15/h3-9,12,17H,10-11,13H2,1-2H3. The number of sulfonamides is 1. The van der Waals surface area contributed by atoms with Gasteiger partial charge in [-0.3, -0.25) is 0 Å². The summed E-state index contributed by atoms with van der Waals surface area (Å²) in [7, 11) is -2.04. The molecule has 1 aliphatic rings. The maximum atomic E-state index is 13.2. The number of morpholine rings is 1. The zero-order chi connectivity index (χ0) is 17.2. The highest BCUT2D eigenvalue weighted by Gasteiger charge is 2.35. The van der Waals surface area contributed by atoms with Crippen LogP contribution in [0, 0.1) is 6.92 Å². The number of benzene rings is 2. The molecule has 0 amide bonds. The van der Waals surface area contributed by atoms with Crippen molar-refractivity contribution in [2.45, 2.75) is 17.9 Å². The van der Waals surface area contributed by atoms with Gasteiger partial charge in [-0.1, -0.05) is 30.3 Å². The van der Waals surface area contributed by atoms with Crippen molar-refractivity contribution in [3.8, 4) is 5.75 Å². The molecule has 2 aromatic carbocycles. The van der Waals surface area contributed by atoms with Gasteiger partial charge < -0.3 is 9.47 Å². The maximum absolute atomic E-state index is 13.2. The first-order chi connectivity index (χ1) is 11.5. The summed E-state index contributed by atoms with van der Waals surface area (Å²) in [5, 5.41) is 0. The van der Waals surface area contributed by atoms with E-state index in [0.717, 1.165) is 11.1 Å². The second kappa shape index (κ2) is 6.93. The molecule has 0 aromatic heterocycles. The molecule has 128 valence electrons. The highest BCUT2D eigenvalue weighted by Crippen LogP contribution is 2.31. The molecular weight excluding hydrogens is 326 g/mol. The Balaban J connectivity index is 1.99. The summed E-state index contributed by atoms with van der Waals surface area (Å²) in [4.78, 5) is 0.281. The predicted octanol–water partition coefficient (Wildman–Crippen LogP) is 2.77. The zero-order valence-corrected chi connectivity index (χ0v) is 14.6. The van der Waals surface area contributed by atoms with Gasteiger partial charge in [-0.05, 0) is 36.2 Å². The van der Waals surface area contributed by atoms with Crippen LogP contribution in [-0.2, 0) is 14.8 Å². The van der Waals surface area contributed by atoms with Crippen LogP contribution in [0.3, 0.4) is 0 Å². The summed E-state index contributed by atoms with van der Waals surface area (Å²) in [5.41, 5.74) is 1.73. The minimum Gasteiger partial charge on any atom is -0.496 e. The average Bonchev–Trinajstić information content (AvgIpc) is 2.62. The molecule has 0 spiro atoms. The Bertz CT molecular complexity index is 805. The minimum atomic E-state index is -3.61. The van der Waals surface area contributed by atoms with Crippen molar-refractivity contribution in [1.82, 2.24) is 4.31 Å². The van der Waals surface area contributed by atoms with Gasteiger partial charge in [0.2, 0.25) is 10.0 Å². The van der Waals surface area contributed by atoms with Crippen LogP contribution in [0.2, 0.25) is 0 Å². The molecule has 3 rings (SSSR count). The summed E-state index contributed by atoms with van der Waals surface area (Å²) in [6, 6.07) is 14.2. The Morgan fingerprint density at radius 2 is 1.92 bits per heavy atom. The summed E-state index contributed by atoms with van der Waals surface area (Å²) in [6.07, 6.45) is 0. The molecule has 1 aliphatic heterocycles. The summed E-state index contributed by atoms with van der Waals surface area (Å²) in [5.74, 6) is 0.676. The van der Waals surface area contributed by atoms with Crippen LogP contribution in [0.25, 0.3) is 0 Å². The Morgan fingerprint density at radius 1 is 1.17 bits per heavy atom. The molecule has 0 saturated carbocycles. The van der Waals surface area contributed by atoms with Gasteiger partial charge in [-0.2, -0.15) is 4.31 Å². The number of hydrogen-bond acceptors (Lipinski definition) is 4. The number of ether oxygens (including phenoxy) is 2. The molecule has 24 heavy (non-hydrogen) atoms. The second-order valence-corrected chi connectivity index (χ2v) is 7.64. The first-order valence-electron chi connectivity index (χ1n) is 7.83. The third-order valence-corrected chi connectivity index (χ3v) is 6.14. The lowest BCUT2D eigenvalue weighted by molar-refractivity contribution is 0.0321. The van der Waals surface area contributed by atoms with E-state index in [4.69, 9.17) is 9.47 Å². The number of nitrogens with zero attached hydrogens (tertiary/aromatic N) is 1. The summed E-state index contributed by atoms with van der Waals surface area (Å²) >= 11 is 0. The van der Waals surface area contributed by atoms with Crippen LogP contribution < -0.4 is 4.74 Å². The van der Waals surface area contributed by atoms with Crippen LogP contribution in [0.15, 0.2) is 53.4 Å². The molecule has 1 atom stereocenters. The third kappa shape index (κ3) is 3.17. The molecule has 0 aliphatic carbocycles. The van der Waals surface area contributed by atoms with E-state index in [2.05, 4.69) is 0 Å². The normalized spacial score (nSPS) is 19.2. The first kappa shape index (κ1) is 17.0. The molecule has 2 aromatic rings. The van der Waals surface area contributed by atoms with E-state index in [1.165, 1.54) is 4.31 Å². The number of methoxy groups -OCH3 is 1.